The van der Waals surface area contributed by atoms with Crippen molar-refractivity contribution in [3.63, 3.8) is 0 Å². The van der Waals surface area contributed by atoms with Gasteiger partial charge in [0.15, 0.2) is 0 Å². The largest absolute Gasteiger partial charge is 0.416 e. The first kappa shape index (κ1) is 19.7. The Kier molecular flexibility index (Phi) is 5.58. The zero-order valence-corrected chi connectivity index (χ0v) is 15.5. The molecule has 3 aromatic rings. The molecule has 0 aliphatic rings. The molecule has 5 nitrogen and oxygen atoms in total. The molecule has 28 heavy (non-hydrogen) atoms. The molecule has 1 amide bonds. The van der Waals surface area contributed by atoms with Gasteiger partial charge < -0.3 is 15.6 Å². The van der Waals surface area contributed by atoms with Gasteiger partial charge in [-0.15, -0.1) is 0 Å². The number of anilines is 1. The van der Waals surface area contributed by atoms with Gasteiger partial charge >= 0.3 is 6.18 Å². The molecule has 0 saturated heterocycles. The number of fused-ring (bicyclic) bond motifs is 1. The summed E-state index contributed by atoms with van der Waals surface area (Å²) in [4.78, 5) is 20.1. The van der Waals surface area contributed by atoms with Gasteiger partial charge in [-0.2, -0.15) is 13.2 Å². The minimum Gasteiger partial charge on any atom is -0.354 e. The van der Waals surface area contributed by atoms with E-state index in [2.05, 4.69) is 20.6 Å². The minimum atomic E-state index is -4.49. The highest BCUT2D eigenvalue weighted by Gasteiger charge is 2.32. The number of halogens is 3. The number of nitrogens with one attached hydrogen (secondary N) is 3. The lowest BCUT2D eigenvalue weighted by Crippen LogP contribution is -2.36. The number of aromatic amines is 1. The second-order valence-corrected chi connectivity index (χ2v) is 6.94. The van der Waals surface area contributed by atoms with Gasteiger partial charge in [0.25, 0.3) is 0 Å². The normalized spacial score (nSPS) is 12.9. The van der Waals surface area contributed by atoms with Crippen molar-refractivity contribution in [2.24, 2.45) is 5.92 Å². The van der Waals surface area contributed by atoms with Crippen LogP contribution in [0.1, 0.15) is 31.0 Å². The van der Waals surface area contributed by atoms with Crippen LogP contribution in [0.4, 0.5) is 19.1 Å². The van der Waals surface area contributed by atoms with Crippen molar-refractivity contribution in [2.45, 2.75) is 26.1 Å². The summed E-state index contributed by atoms with van der Waals surface area (Å²) < 4.78 is 39.3. The maximum Gasteiger partial charge on any atom is 0.416 e. The summed E-state index contributed by atoms with van der Waals surface area (Å²) in [5, 5.41) is 5.71. The number of hydrogen-bond acceptors (Lipinski definition) is 3. The maximum atomic E-state index is 13.1. The van der Waals surface area contributed by atoms with Crippen LogP contribution in [0.5, 0.6) is 0 Å². The smallest absolute Gasteiger partial charge is 0.354 e. The summed E-state index contributed by atoms with van der Waals surface area (Å²) in [7, 11) is 0. The van der Waals surface area contributed by atoms with Crippen LogP contribution < -0.4 is 10.6 Å². The summed E-state index contributed by atoms with van der Waals surface area (Å²) in [5.74, 6) is 0.0918. The molecule has 0 fully saturated rings. The van der Waals surface area contributed by atoms with Crippen LogP contribution >= 0.6 is 0 Å². The third-order valence-corrected chi connectivity index (χ3v) is 4.16. The van der Waals surface area contributed by atoms with E-state index in [1.165, 1.54) is 12.1 Å². The average Bonchev–Trinajstić information content (AvgIpc) is 3.06. The third kappa shape index (κ3) is 4.62. The van der Waals surface area contributed by atoms with E-state index in [1.807, 2.05) is 32.0 Å². The first-order valence-corrected chi connectivity index (χ1v) is 8.90. The Morgan fingerprint density at radius 2 is 1.89 bits per heavy atom. The summed E-state index contributed by atoms with van der Waals surface area (Å²) in [5.41, 5.74) is 0.848. The maximum absolute atomic E-state index is 13.1. The molecular weight excluding hydrogens is 369 g/mol. The third-order valence-electron chi connectivity index (χ3n) is 4.16. The van der Waals surface area contributed by atoms with Gasteiger partial charge in [0.1, 0.15) is 6.04 Å². The van der Waals surface area contributed by atoms with Gasteiger partial charge in [-0.05, 0) is 35.7 Å². The number of hydrogen-bond donors (Lipinski definition) is 3. The molecular formula is C20H21F3N4O. The molecule has 0 aliphatic heterocycles. The van der Waals surface area contributed by atoms with Gasteiger partial charge in [0, 0.05) is 6.54 Å². The average molecular weight is 390 g/mol. The second-order valence-electron chi connectivity index (χ2n) is 6.94. The monoisotopic (exact) mass is 390 g/mol. The van der Waals surface area contributed by atoms with Crippen LogP contribution in [0.15, 0.2) is 48.5 Å². The standard InChI is InChI=1S/C20H21F3N4O/c1-12(2)11-24-18(28)17(13-6-5-7-14(10-13)20(21,22)23)27-19-25-15-8-3-4-9-16(15)26-19/h3-10,12,17H,11H2,1-2H3,(H,24,28)(H2,25,26,27). The number of imidazole rings is 1. The molecule has 1 aromatic heterocycles. The Balaban J connectivity index is 1.93. The van der Waals surface area contributed by atoms with E-state index < -0.39 is 23.7 Å². The number of carbonyl (C=O) groups is 1. The molecule has 2 aromatic carbocycles. The molecule has 0 aliphatic carbocycles. The zero-order chi connectivity index (χ0) is 20.3. The topological polar surface area (TPSA) is 69.8 Å². The minimum absolute atomic E-state index is 0.205. The molecule has 0 spiro atoms. The first-order chi connectivity index (χ1) is 13.2. The fourth-order valence-corrected chi connectivity index (χ4v) is 2.76. The van der Waals surface area contributed by atoms with Crippen molar-refractivity contribution in [1.29, 1.82) is 0 Å². The van der Waals surface area contributed by atoms with Gasteiger partial charge in [-0.1, -0.05) is 38.1 Å². The molecule has 8 heteroatoms. The van der Waals surface area contributed by atoms with E-state index in [0.717, 1.165) is 17.6 Å². The Morgan fingerprint density at radius 3 is 2.57 bits per heavy atom. The van der Waals surface area contributed by atoms with Gasteiger partial charge in [-0.25, -0.2) is 4.98 Å². The van der Waals surface area contributed by atoms with Crippen LogP contribution in [0.2, 0.25) is 0 Å². The first-order valence-electron chi connectivity index (χ1n) is 8.90. The van der Waals surface area contributed by atoms with E-state index in [-0.39, 0.29) is 11.5 Å². The molecule has 1 atom stereocenters. The highest BCUT2D eigenvalue weighted by atomic mass is 19.4. The number of benzene rings is 2. The van der Waals surface area contributed by atoms with E-state index in [0.29, 0.717) is 18.0 Å². The van der Waals surface area contributed by atoms with Gasteiger partial charge in [0.05, 0.1) is 16.6 Å². The number of carbonyl (C=O) groups excluding carboxylic acids is 1. The number of aromatic nitrogens is 2. The lowest BCUT2D eigenvalue weighted by molar-refractivity contribution is -0.137. The number of alkyl halides is 3. The predicted molar refractivity (Wildman–Crippen MR) is 102 cm³/mol. The van der Waals surface area contributed by atoms with E-state index in [9.17, 15) is 18.0 Å². The van der Waals surface area contributed by atoms with Crippen LogP contribution in [0.3, 0.4) is 0 Å². The second kappa shape index (κ2) is 7.92. The van der Waals surface area contributed by atoms with Crippen LogP contribution in [0.25, 0.3) is 11.0 Å². The fraction of sp³-hybridized carbons (Fsp3) is 0.300. The SMILES string of the molecule is CC(C)CNC(=O)C(Nc1nc2ccccc2[nH]1)c1cccc(C(F)(F)F)c1. The fourth-order valence-electron chi connectivity index (χ4n) is 2.76. The van der Waals surface area contributed by atoms with E-state index >= 15 is 0 Å². The Labute approximate surface area is 160 Å². The summed E-state index contributed by atoms with van der Waals surface area (Å²) in [6.45, 7) is 4.29. The van der Waals surface area contributed by atoms with Crippen molar-refractivity contribution in [2.75, 3.05) is 11.9 Å². The van der Waals surface area contributed by atoms with Crippen molar-refractivity contribution in [3.8, 4) is 0 Å². The van der Waals surface area contributed by atoms with E-state index in [4.69, 9.17) is 0 Å². The summed E-state index contributed by atoms with van der Waals surface area (Å²) in [6.07, 6.45) is -4.49. The van der Waals surface area contributed by atoms with Crippen LogP contribution in [0, 0.1) is 5.92 Å². The molecule has 3 rings (SSSR count). The van der Waals surface area contributed by atoms with Crippen molar-refractivity contribution in [3.05, 3.63) is 59.7 Å². The predicted octanol–water partition coefficient (Wildman–Crippen LogP) is 4.51. The number of para-hydroxylation sites is 2. The lowest BCUT2D eigenvalue weighted by Gasteiger charge is -2.20. The summed E-state index contributed by atoms with van der Waals surface area (Å²) >= 11 is 0. The molecule has 3 N–H and O–H groups in total. The molecule has 148 valence electrons. The van der Waals surface area contributed by atoms with Crippen LogP contribution in [-0.2, 0) is 11.0 Å². The number of rotatable bonds is 6. The highest BCUT2D eigenvalue weighted by molar-refractivity contribution is 5.86. The number of amides is 1. The van der Waals surface area contributed by atoms with E-state index in [1.54, 1.807) is 6.07 Å². The lowest BCUT2D eigenvalue weighted by atomic mass is 10.0. The van der Waals surface area contributed by atoms with Crippen molar-refractivity contribution in [1.82, 2.24) is 15.3 Å². The van der Waals surface area contributed by atoms with Crippen LogP contribution in [-0.4, -0.2) is 22.4 Å². The van der Waals surface area contributed by atoms with Gasteiger partial charge in [0.2, 0.25) is 11.9 Å². The molecule has 1 unspecified atom stereocenters. The Hall–Kier alpha value is -3.03. The molecule has 1 heterocycles. The molecule has 0 saturated carbocycles. The number of H-pyrrole nitrogens is 1. The number of nitrogens with zero attached hydrogens (tertiary/aromatic N) is 1. The molecule has 0 bridgehead atoms. The van der Waals surface area contributed by atoms with Crippen molar-refractivity contribution >= 4 is 22.9 Å². The summed E-state index contributed by atoms with van der Waals surface area (Å²) in [6, 6.07) is 11.0. The molecule has 0 radical (unpaired) electrons. The Morgan fingerprint density at radius 1 is 1.14 bits per heavy atom. The highest BCUT2D eigenvalue weighted by Crippen LogP contribution is 2.31. The zero-order valence-electron chi connectivity index (χ0n) is 15.5. The quantitative estimate of drug-likeness (QED) is 0.580. The Bertz CT molecular complexity index is 932. The van der Waals surface area contributed by atoms with Crippen molar-refractivity contribution < 1.29 is 18.0 Å². The van der Waals surface area contributed by atoms with Gasteiger partial charge in [-0.3, -0.25) is 4.79 Å².